The molecule has 2 rings (SSSR count). The number of amides is 1. The zero-order valence-corrected chi connectivity index (χ0v) is 17.3. The number of unbranched alkanes of at least 4 members (excludes halogenated alkanes) is 1. The Morgan fingerprint density at radius 3 is 2.60 bits per heavy atom. The number of halogens is 2. The summed E-state index contributed by atoms with van der Waals surface area (Å²) in [5.41, 5.74) is 4.79. The number of nitrogens with two attached hydrogens (primary N) is 1. The number of anilines is 2. The predicted octanol–water partition coefficient (Wildman–Crippen LogP) is 1.90. The van der Waals surface area contributed by atoms with Crippen molar-refractivity contribution in [2.24, 2.45) is 0 Å². The van der Waals surface area contributed by atoms with Gasteiger partial charge < -0.3 is 16.0 Å². The Labute approximate surface area is 172 Å². The van der Waals surface area contributed by atoms with Crippen molar-refractivity contribution in [3.63, 3.8) is 0 Å². The molecule has 0 saturated carbocycles. The summed E-state index contributed by atoms with van der Waals surface area (Å²) in [6, 6.07) is 2.63. The van der Waals surface area contributed by atoms with E-state index >= 15 is 0 Å². The molecule has 1 atom stereocenters. The van der Waals surface area contributed by atoms with Crippen LogP contribution in [0, 0.1) is 11.6 Å². The van der Waals surface area contributed by atoms with E-state index in [4.69, 9.17) is 5.73 Å². The van der Waals surface area contributed by atoms with Crippen molar-refractivity contribution in [1.82, 2.24) is 14.9 Å². The van der Waals surface area contributed by atoms with Crippen LogP contribution in [0.1, 0.15) is 45.2 Å². The summed E-state index contributed by atoms with van der Waals surface area (Å²) >= 11 is 0. The summed E-state index contributed by atoms with van der Waals surface area (Å²) in [7, 11) is 0. The maximum atomic E-state index is 13.9. The first kappa shape index (κ1) is 23.3. The van der Waals surface area contributed by atoms with Crippen LogP contribution in [0.5, 0.6) is 0 Å². The Balaban J connectivity index is 2.24. The number of likely N-dealkylation sites (N-methyl/N-ethyl adjacent to an activating group) is 1. The molecule has 0 radical (unpaired) electrons. The Morgan fingerprint density at radius 1 is 1.30 bits per heavy atom. The smallest absolute Gasteiger partial charge is 0.330 e. The molecular formula is C20H27F2N5O3. The van der Waals surface area contributed by atoms with Crippen LogP contribution >= 0.6 is 0 Å². The van der Waals surface area contributed by atoms with E-state index in [-0.39, 0.29) is 30.2 Å². The number of aromatic nitrogens is 2. The summed E-state index contributed by atoms with van der Waals surface area (Å²) in [5, 5.41) is 2.87. The van der Waals surface area contributed by atoms with Crippen LogP contribution < -0.4 is 27.2 Å². The van der Waals surface area contributed by atoms with Crippen molar-refractivity contribution in [2.45, 2.75) is 46.2 Å². The van der Waals surface area contributed by atoms with E-state index < -0.39 is 34.8 Å². The second kappa shape index (κ2) is 10.1. The van der Waals surface area contributed by atoms with Crippen LogP contribution in [0.3, 0.4) is 0 Å². The number of hydrogen-bond donors (Lipinski definition) is 3. The topological polar surface area (TPSA) is 113 Å². The lowest BCUT2D eigenvalue weighted by Gasteiger charge is -2.24. The van der Waals surface area contributed by atoms with Crippen molar-refractivity contribution in [3.8, 4) is 0 Å². The number of carbonyl (C=O) groups is 1. The van der Waals surface area contributed by atoms with Gasteiger partial charge in [-0.15, -0.1) is 0 Å². The van der Waals surface area contributed by atoms with Gasteiger partial charge in [-0.1, -0.05) is 19.4 Å². The molecule has 0 spiro atoms. The highest BCUT2D eigenvalue weighted by atomic mass is 19.1. The molecule has 0 aliphatic carbocycles. The lowest BCUT2D eigenvalue weighted by molar-refractivity contribution is -0.117. The standard InChI is InChI=1S/C20H27F2N5O3/c1-4-6-9-27-18(23)17(19(29)25-20(27)30)26(5-2)16(28)11-24-12(3)14-8-7-13(21)10-15(14)22/h7-8,10,12,24H,4-6,9,11,23H2,1-3H3,(H,25,29,30)/t12-/m0/s1. The highest BCUT2D eigenvalue weighted by Gasteiger charge is 2.23. The number of carbonyl (C=O) groups excluding carboxylic acids is 1. The fourth-order valence-corrected chi connectivity index (χ4v) is 3.13. The van der Waals surface area contributed by atoms with Gasteiger partial charge in [-0.2, -0.15) is 0 Å². The van der Waals surface area contributed by atoms with E-state index in [2.05, 4.69) is 10.3 Å². The number of nitrogens with one attached hydrogen (secondary N) is 2. The first-order valence-corrected chi connectivity index (χ1v) is 9.82. The van der Waals surface area contributed by atoms with Gasteiger partial charge in [0, 0.05) is 30.8 Å². The molecule has 1 amide bonds. The summed E-state index contributed by atoms with van der Waals surface area (Å²) in [6.07, 6.45) is 1.50. The van der Waals surface area contributed by atoms with Gasteiger partial charge >= 0.3 is 5.69 Å². The van der Waals surface area contributed by atoms with Crippen molar-refractivity contribution in [1.29, 1.82) is 0 Å². The maximum absolute atomic E-state index is 13.9. The van der Waals surface area contributed by atoms with Gasteiger partial charge in [-0.05, 0) is 26.3 Å². The third-order valence-corrected chi connectivity index (χ3v) is 4.83. The van der Waals surface area contributed by atoms with Crippen molar-refractivity contribution in [3.05, 3.63) is 56.2 Å². The number of rotatable bonds is 9. The summed E-state index contributed by atoms with van der Waals surface area (Å²) in [4.78, 5) is 40.6. The fourth-order valence-electron chi connectivity index (χ4n) is 3.13. The minimum absolute atomic E-state index is 0.0787. The quantitative estimate of drug-likeness (QED) is 0.570. The molecule has 164 valence electrons. The fraction of sp³-hybridized carbons (Fsp3) is 0.450. The summed E-state index contributed by atoms with van der Waals surface area (Å²) < 4.78 is 28.3. The van der Waals surface area contributed by atoms with Gasteiger partial charge in [-0.25, -0.2) is 13.6 Å². The molecule has 1 heterocycles. The molecule has 1 aromatic heterocycles. The Kier molecular flexibility index (Phi) is 7.87. The molecule has 0 aliphatic rings. The van der Waals surface area contributed by atoms with E-state index in [0.29, 0.717) is 13.0 Å². The highest BCUT2D eigenvalue weighted by Crippen LogP contribution is 2.19. The second-order valence-corrected chi connectivity index (χ2v) is 6.90. The van der Waals surface area contributed by atoms with E-state index in [1.165, 1.54) is 15.5 Å². The second-order valence-electron chi connectivity index (χ2n) is 6.90. The molecular weight excluding hydrogens is 396 g/mol. The molecule has 0 bridgehead atoms. The molecule has 1 aromatic carbocycles. The average molecular weight is 423 g/mol. The summed E-state index contributed by atoms with van der Waals surface area (Å²) in [5.74, 6) is -1.97. The van der Waals surface area contributed by atoms with Crippen molar-refractivity contribution < 1.29 is 13.6 Å². The van der Waals surface area contributed by atoms with Gasteiger partial charge in [-0.3, -0.25) is 19.1 Å². The maximum Gasteiger partial charge on any atom is 0.330 e. The SMILES string of the molecule is CCCCn1c(N)c(N(CC)C(=O)CN[C@@H](C)c2ccc(F)cc2F)c(=O)[nH]c1=O. The number of H-pyrrole nitrogens is 1. The third kappa shape index (κ3) is 5.12. The molecule has 0 unspecified atom stereocenters. The molecule has 10 heteroatoms. The zero-order valence-electron chi connectivity index (χ0n) is 17.3. The van der Waals surface area contributed by atoms with Crippen molar-refractivity contribution in [2.75, 3.05) is 23.7 Å². The molecule has 4 N–H and O–H groups in total. The van der Waals surface area contributed by atoms with Gasteiger partial charge in [0.1, 0.15) is 17.5 Å². The van der Waals surface area contributed by atoms with Crippen LogP contribution in [-0.4, -0.2) is 28.5 Å². The average Bonchev–Trinajstić information content (AvgIpc) is 2.68. The highest BCUT2D eigenvalue weighted by molar-refractivity contribution is 5.96. The number of hydrogen-bond acceptors (Lipinski definition) is 5. The van der Waals surface area contributed by atoms with Crippen LogP contribution in [0.2, 0.25) is 0 Å². The van der Waals surface area contributed by atoms with Gasteiger partial charge in [0.2, 0.25) is 5.91 Å². The Hall–Kier alpha value is -3.01. The number of benzene rings is 1. The van der Waals surface area contributed by atoms with Crippen LogP contribution in [0.15, 0.2) is 27.8 Å². The van der Waals surface area contributed by atoms with Crippen LogP contribution in [0.4, 0.5) is 20.3 Å². The Bertz CT molecular complexity index is 1020. The largest absolute Gasteiger partial charge is 0.383 e. The normalized spacial score (nSPS) is 12.0. The Morgan fingerprint density at radius 2 is 2.00 bits per heavy atom. The molecule has 0 aliphatic heterocycles. The first-order valence-electron chi connectivity index (χ1n) is 9.82. The zero-order chi connectivity index (χ0) is 22.4. The van der Waals surface area contributed by atoms with E-state index in [0.717, 1.165) is 18.6 Å². The third-order valence-electron chi connectivity index (χ3n) is 4.83. The van der Waals surface area contributed by atoms with E-state index in [1.54, 1.807) is 13.8 Å². The van der Waals surface area contributed by atoms with E-state index in [1.807, 2.05) is 6.92 Å². The van der Waals surface area contributed by atoms with Crippen LogP contribution in [0.25, 0.3) is 0 Å². The number of nitrogens with zero attached hydrogens (tertiary/aromatic N) is 2. The molecule has 0 saturated heterocycles. The minimum atomic E-state index is -0.752. The minimum Gasteiger partial charge on any atom is -0.383 e. The molecule has 0 fully saturated rings. The predicted molar refractivity (Wildman–Crippen MR) is 111 cm³/mol. The van der Waals surface area contributed by atoms with Gasteiger partial charge in [0.25, 0.3) is 5.56 Å². The molecule has 2 aromatic rings. The lowest BCUT2D eigenvalue weighted by Crippen LogP contribution is -2.44. The van der Waals surface area contributed by atoms with E-state index in [9.17, 15) is 23.2 Å². The van der Waals surface area contributed by atoms with Gasteiger partial charge in [0.15, 0.2) is 5.69 Å². The number of aromatic amines is 1. The summed E-state index contributed by atoms with van der Waals surface area (Å²) in [6.45, 7) is 5.48. The monoisotopic (exact) mass is 423 g/mol. The molecule has 30 heavy (non-hydrogen) atoms. The number of nitrogen functional groups attached to an aromatic ring is 1. The lowest BCUT2D eigenvalue weighted by atomic mass is 10.1. The van der Waals surface area contributed by atoms with Crippen LogP contribution in [-0.2, 0) is 11.3 Å². The molecule has 8 nitrogen and oxygen atoms in total. The van der Waals surface area contributed by atoms with Gasteiger partial charge in [0.05, 0.1) is 6.54 Å². The first-order chi connectivity index (χ1) is 14.2. The van der Waals surface area contributed by atoms with Crippen molar-refractivity contribution >= 4 is 17.4 Å².